The summed E-state index contributed by atoms with van der Waals surface area (Å²) in [5, 5.41) is 3.39. The molecule has 2 heterocycles. The third-order valence-electron chi connectivity index (χ3n) is 5.36. The summed E-state index contributed by atoms with van der Waals surface area (Å²) < 4.78 is 29.6. The van der Waals surface area contributed by atoms with Crippen LogP contribution in [0.3, 0.4) is 0 Å². The molecule has 4 unspecified atom stereocenters. The first-order valence-corrected chi connectivity index (χ1v) is 9.21. The molecule has 0 aromatic heterocycles. The van der Waals surface area contributed by atoms with Crippen molar-refractivity contribution >= 4 is 9.84 Å². The molecular formula is C14H25NO3S. The fraction of sp³-hybridized carbons (Fsp3) is 1.00. The molecule has 3 aliphatic rings. The van der Waals surface area contributed by atoms with Crippen molar-refractivity contribution in [3.8, 4) is 0 Å². The molecule has 1 saturated carbocycles. The first kappa shape index (κ1) is 13.8. The van der Waals surface area contributed by atoms with Crippen LogP contribution in [0.25, 0.3) is 0 Å². The summed E-state index contributed by atoms with van der Waals surface area (Å²) in [5.41, 5.74) is 0.132. The van der Waals surface area contributed by atoms with E-state index in [4.69, 9.17) is 4.74 Å². The van der Waals surface area contributed by atoms with Crippen molar-refractivity contribution in [2.45, 2.75) is 56.9 Å². The van der Waals surface area contributed by atoms with Gasteiger partial charge >= 0.3 is 0 Å². The normalized spacial score (nSPS) is 43.5. The van der Waals surface area contributed by atoms with Crippen LogP contribution in [-0.4, -0.2) is 44.7 Å². The molecule has 0 spiro atoms. The van der Waals surface area contributed by atoms with Gasteiger partial charge in [0.1, 0.15) is 0 Å². The SMILES string of the molecule is CC1(C)C(NCC2CCCS2(=O)=O)C2CCCOC21. The molecule has 3 fully saturated rings. The zero-order valence-corrected chi connectivity index (χ0v) is 12.7. The average Bonchev–Trinajstić information content (AvgIpc) is 2.69. The molecule has 0 amide bonds. The highest BCUT2D eigenvalue weighted by molar-refractivity contribution is 7.92. The first-order chi connectivity index (χ1) is 8.93. The molecule has 0 aromatic rings. The van der Waals surface area contributed by atoms with E-state index >= 15 is 0 Å². The fourth-order valence-electron chi connectivity index (χ4n) is 4.28. The molecule has 0 bridgehead atoms. The van der Waals surface area contributed by atoms with Gasteiger partial charge in [-0.15, -0.1) is 0 Å². The lowest BCUT2D eigenvalue weighted by Gasteiger charge is -2.60. The maximum Gasteiger partial charge on any atom is 0.154 e. The maximum absolute atomic E-state index is 11.9. The van der Waals surface area contributed by atoms with Crippen molar-refractivity contribution in [2.24, 2.45) is 11.3 Å². The number of sulfone groups is 1. The highest BCUT2D eigenvalue weighted by atomic mass is 32.2. The third kappa shape index (κ3) is 2.24. The topological polar surface area (TPSA) is 55.4 Å². The third-order valence-corrected chi connectivity index (χ3v) is 7.64. The molecule has 2 aliphatic heterocycles. The second kappa shape index (κ2) is 4.71. The van der Waals surface area contributed by atoms with Gasteiger partial charge in [-0.2, -0.15) is 0 Å². The van der Waals surface area contributed by atoms with Crippen molar-refractivity contribution in [3.05, 3.63) is 0 Å². The second-order valence-electron chi connectivity index (χ2n) is 6.94. The summed E-state index contributed by atoms with van der Waals surface area (Å²) in [6.07, 6.45) is 4.37. The molecule has 4 nitrogen and oxygen atoms in total. The van der Waals surface area contributed by atoms with Gasteiger partial charge in [0.15, 0.2) is 9.84 Å². The van der Waals surface area contributed by atoms with E-state index in [1.807, 2.05) is 0 Å². The van der Waals surface area contributed by atoms with E-state index in [-0.39, 0.29) is 10.7 Å². The lowest BCUT2D eigenvalue weighted by atomic mass is 9.55. The van der Waals surface area contributed by atoms with E-state index < -0.39 is 9.84 Å². The van der Waals surface area contributed by atoms with Gasteiger partial charge in [-0.1, -0.05) is 13.8 Å². The monoisotopic (exact) mass is 287 g/mol. The minimum atomic E-state index is -2.83. The fourth-order valence-corrected chi connectivity index (χ4v) is 6.06. The maximum atomic E-state index is 11.9. The van der Waals surface area contributed by atoms with Gasteiger partial charge in [0.25, 0.3) is 0 Å². The first-order valence-electron chi connectivity index (χ1n) is 7.49. The van der Waals surface area contributed by atoms with E-state index in [1.165, 1.54) is 6.42 Å². The molecule has 3 rings (SSSR count). The van der Waals surface area contributed by atoms with Crippen molar-refractivity contribution in [3.63, 3.8) is 0 Å². The Kier molecular flexibility index (Phi) is 3.43. The number of fused-ring (bicyclic) bond motifs is 1. The molecule has 5 heteroatoms. The average molecular weight is 287 g/mol. The van der Waals surface area contributed by atoms with Gasteiger partial charge < -0.3 is 10.1 Å². The van der Waals surface area contributed by atoms with Crippen molar-refractivity contribution < 1.29 is 13.2 Å². The Morgan fingerprint density at radius 2 is 2.05 bits per heavy atom. The number of hydrogen-bond donors (Lipinski definition) is 1. The molecule has 2 saturated heterocycles. The summed E-state index contributed by atoms with van der Waals surface area (Å²) in [4.78, 5) is 0. The molecule has 4 atom stereocenters. The molecule has 0 radical (unpaired) electrons. The van der Waals surface area contributed by atoms with Crippen LogP contribution in [0.2, 0.25) is 0 Å². The molecular weight excluding hydrogens is 262 g/mol. The Balaban J connectivity index is 1.61. The van der Waals surface area contributed by atoms with Crippen LogP contribution < -0.4 is 5.32 Å². The van der Waals surface area contributed by atoms with Gasteiger partial charge in [-0.05, 0) is 25.7 Å². The summed E-state index contributed by atoms with van der Waals surface area (Å²) in [7, 11) is -2.83. The molecule has 110 valence electrons. The summed E-state index contributed by atoms with van der Waals surface area (Å²) >= 11 is 0. The lowest BCUT2D eigenvalue weighted by Crippen LogP contribution is -2.69. The molecule has 1 N–H and O–H groups in total. The lowest BCUT2D eigenvalue weighted by molar-refractivity contribution is -0.192. The standard InChI is InChI=1S/C14H25NO3S/c1-14(2)12(11-6-3-7-18-13(11)14)15-9-10-5-4-8-19(10,16)17/h10-13,15H,3-9H2,1-2H3. The number of rotatable bonds is 3. The molecule has 0 aromatic carbocycles. The van der Waals surface area contributed by atoms with E-state index in [2.05, 4.69) is 19.2 Å². The highest BCUT2D eigenvalue weighted by Crippen LogP contribution is 2.51. The van der Waals surface area contributed by atoms with Crippen LogP contribution in [0.4, 0.5) is 0 Å². The quantitative estimate of drug-likeness (QED) is 0.851. The minimum Gasteiger partial charge on any atom is -0.377 e. The van der Waals surface area contributed by atoms with Crippen LogP contribution >= 0.6 is 0 Å². The summed E-state index contributed by atoms with van der Waals surface area (Å²) in [6, 6.07) is 0.411. The zero-order chi connectivity index (χ0) is 13.7. The highest BCUT2D eigenvalue weighted by Gasteiger charge is 2.57. The van der Waals surface area contributed by atoms with Crippen molar-refractivity contribution in [1.82, 2.24) is 5.32 Å². The number of ether oxygens (including phenoxy) is 1. The van der Waals surface area contributed by atoms with Crippen LogP contribution in [0, 0.1) is 11.3 Å². The van der Waals surface area contributed by atoms with E-state index in [0.717, 1.165) is 25.9 Å². The Labute approximate surface area is 116 Å². The number of hydrogen-bond acceptors (Lipinski definition) is 4. The van der Waals surface area contributed by atoms with Crippen LogP contribution in [0.5, 0.6) is 0 Å². The van der Waals surface area contributed by atoms with Gasteiger partial charge in [0.05, 0.1) is 17.1 Å². The van der Waals surface area contributed by atoms with Gasteiger partial charge in [0, 0.05) is 30.5 Å². The van der Waals surface area contributed by atoms with E-state index in [1.54, 1.807) is 0 Å². The zero-order valence-electron chi connectivity index (χ0n) is 11.9. The number of nitrogens with one attached hydrogen (secondary N) is 1. The van der Waals surface area contributed by atoms with E-state index in [9.17, 15) is 8.42 Å². The van der Waals surface area contributed by atoms with Crippen LogP contribution in [0.1, 0.15) is 39.5 Å². The molecule has 1 aliphatic carbocycles. The van der Waals surface area contributed by atoms with Crippen molar-refractivity contribution in [2.75, 3.05) is 18.9 Å². The Bertz CT molecular complexity index is 446. The predicted octanol–water partition coefficient (Wildman–Crippen LogP) is 1.36. The Morgan fingerprint density at radius 3 is 2.74 bits per heavy atom. The Morgan fingerprint density at radius 1 is 1.26 bits per heavy atom. The van der Waals surface area contributed by atoms with Gasteiger partial charge in [-0.25, -0.2) is 8.42 Å². The predicted molar refractivity (Wildman–Crippen MR) is 74.8 cm³/mol. The van der Waals surface area contributed by atoms with Gasteiger partial charge in [-0.3, -0.25) is 0 Å². The smallest absolute Gasteiger partial charge is 0.154 e. The van der Waals surface area contributed by atoms with E-state index in [0.29, 0.717) is 30.4 Å². The van der Waals surface area contributed by atoms with Gasteiger partial charge in [0.2, 0.25) is 0 Å². The van der Waals surface area contributed by atoms with Crippen molar-refractivity contribution in [1.29, 1.82) is 0 Å². The minimum absolute atomic E-state index is 0.132. The molecule has 19 heavy (non-hydrogen) atoms. The van der Waals surface area contributed by atoms with Crippen LogP contribution in [-0.2, 0) is 14.6 Å². The second-order valence-corrected chi connectivity index (χ2v) is 9.34. The summed E-state index contributed by atoms with van der Waals surface area (Å²) in [6.45, 7) is 5.98. The Hall–Kier alpha value is -0.130. The van der Waals surface area contributed by atoms with Crippen LogP contribution in [0.15, 0.2) is 0 Å². The summed E-state index contributed by atoms with van der Waals surface area (Å²) in [5.74, 6) is 0.954. The largest absolute Gasteiger partial charge is 0.377 e.